The smallest absolute Gasteiger partial charge is 0.234 e. The SMILES string of the molecule is Cc1ccc(CNCC(=O)NCc2ccccc2)c(Br)c1. The Balaban J connectivity index is 1.72. The lowest BCUT2D eigenvalue weighted by Crippen LogP contribution is -2.33. The van der Waals surface area contributed by atoms with Gasteiger partial charge in [-0.3, -0.25) is 4.79 Å². The number of carbonyl (C=O) groups is 1. The first-order valence-corrected chi connectivity index (χ1v) is 7.71. The standard InChI is InChI=1S/C17H19BrN2O/c1-13-7-8-15(16(18)9-13)11-19-12-17(21)20-10-14-5-3-2-4-6-14/h2-9,19H,10-12H2,1H3,(H,20,21). The van der Waals surface area contributed by atoms with Crippen LogP contribution in [0.3, 0.4) is 0 Å². The van der Waals surface area contributed by atoms with Crippen molar-refractivity contribution < 1.29 is 4.79 Å². The summed E-state index contributed by atoms with van der Waals surface area (Å²) >= 11 is 3.54. The van der Waals surface area contributed by atoms with Crippen LogP contribution in [0.15, 0.2) is 53.0 Å². The summed E-state index contributed by atoms with van der Waals surface area (Å²) in [6.45, 7) is 3.60. The second-order valence-corrected chi connectivity index (χ2v) is 5.82. The minimum atomic E-state index is 0.00193. The van der Waals surface area contributed by atoms with Crippen LogP contribution in [0.2, 0.25) is 0 Å². The van der Waals surface area contributed by atoms with Crippen molar-refractivity contribution in [3.8, 4) is 0 Å². The Morgan fingerprint density at radius 2 is 1.86 bits per heavy atom. The second kappa shape index (κ2) is 7.96. The monoisotopic (exact) mass is 346 g/mol. The fourth-order valence-corrected chi connectivity index (χ4v) is 2.60. The van der Waals surface area contributed by atoms with Crippen molar-refractivity contribution >= 4 is 21.8 Å². The molecule has 0 atom stereocenters. The number of hydrogen-bond acceptors (Lipinski definition) is 2. The molecule has 110 valence electrons. The van der Waals surface area contributed by atoms with Crippen LogP contribution in [0.25, 0.3) is 0 Å². The molecule has 0 aliphatic carbocycles. The number of aryl methyl sites for hydroxylation is 1. The van der Waals surface area contributed by atoms with Crippen molar-refractivity contribution in [2.75, 3.05) is 6.54 Å². The third-order valence-electron chi connectivity index (χ3n) is 3.14. The first-order valence-electron chi connectivity index (χ1n) is 6.91. The maximum absolute atomic E-state index is 11.8. The zero-order valence-corrected chi connectivity index (χ0v) is 13.6. The van der Waals surface area contributed by atoms with Crippen molar-refractivity contribution in [1.29, 1.82) is 0 Å². The van der Waals surface area contributed by atoms with E-state index in [1.54, 1.807) is 0 Å². The third-order valence-corrected chi connectivity index (χ3v) is 3.88. The molecule has 0 unspecified atom stereocenters. The highest BCUT2D eigenvalue weighted by Crippen LogP contribution is 2.17. The first-order chi connectivity index (χ1) is 10.1. The minimum Gasteiger partial charge on any atom is -0.351 e. The van der Waals surface area contributed by atoms with Gasteiger partial charge in [-0.1, -0.05) is 58.4 Å². The molecule has 2 aromatic carbocycles. The summed E-state index contributed by atoms with van der Waals surface area (Å²) in [7, 11) is 0. The van der Waals surface area contributed by atoms with Gasteiger partial charge in [0.1, 0.15) is 0 Å². The Morgan fingerprint density at radius 3 is 2.57 bits per heavy atom. The Morgan fingerprint density at radius 1 is 1.10 bits per heavy atom. The number of rotatable bonds is 6. The molecule has 2 aromatic rings. The quantitative estimate of drug-likeness (QED) is 0.843. The predicted octanol–water partition coefficient (Wildman–Crippen LogP) is 3.16. The van der Waals surface area contributed by atoms with Crippen LogP contribution in [0.5, 0.6) is 0 Å². The number of benzene rings is 2. The van der Waals surface area contributed by atoms with Crippen molar-refractivity contribution in [2.24, 2.45) is 0 Å². The molecule has 2 N–H and O–H groups in total. The van der Waals surface area contributed by atoms with Crippen LogP contribution >= 0.6 is 15.9 Å². The molecule has 0 aliphatic rings. The topological polar surface area (TPSA) is 41.1 Å². The number of nitrogens with one attached hydrogen (secondary N) is 2. The van der Waals surface area contributed by atoms with E-state index in [1.807, 2.05) is 30.3 Å². The molecule has 0 radical (unpaired) electrons. The third kappa shape index (κ3) is 5.33. The molecule has 2 rings (SSSR count). The molecule has 0 spiro atoms. The number of amides is 1. The normalized spacial score (nSPS) is 10.4. The lowest BCUT2D eigenvalue weighted by atomic mass is 10.1. The summed E-state index contributed by atoms with van der Waals surface area (Å²) in [5.41, 5.74) is 3.47. The molecule has 0 aromatic heterocycles. The minimum absolute atomic E-state index is 0.00193. The summed E-state index contributed by atoms with van der Waals surface area (Å²) in [5, 5.41) is 6.05. The van der Waals surface area contributed by atoms with Gasteiger partial charge in [-0.2, -0.15) is 0 Å². The van der Waals surface area contributed by atoms with Crippen molar-refractivity contribution in [3.05, 3.63) is 69.7 Å². The van der Waals surface area contributed by atoms with E-state index in [9.17, 15) is 4.79 Å². The van der Waals surface area contributed by atoms with E-state index in [4.69, 9.17) is 0 Å². The van der Waals surface area contributed by atoms with E-state index in [1.165, 1.54) is 5.56 Å². The van der Waals surface area contributed by atoms with E-state index < -0.39 is 0 Å². The van der Waals surface area contributed by atoms with E-state index >= 15 is 0 Å². The van der Waals surface area contributed by atoms with Gasteiger partial charge >= 0.3 is 0 Å². The summed E-state index contributed by atoms with van der Waals surface area (Å²) in [6.07, 6.45) is 0. The van der Waals surface area contributed by atoms with Gasteiger partial charge in [-0.05, 0) is 29.7 Å². The zero-order valence-electron chi connectivity index (χ0n) is 12.0. The lowest BCUT2D eigenvalue weighted by molar-refractivity contribution is -0.120. The first kappa shape index (κ1) is 15.7. The van der Waals surface area contributed by atoms with E-state index in [2.05, 4.69) is 51.7 Å². The van der Waals surface area contributed by atoms with Crippen LogP contribution in [0.1, 0.15) is 16.7 Å². The maximum atomic E-state index is 11.8. The summed E-state index contributed by atoms with van der Waals surface area (Å²) < 4.78 is 1.07. The molecular formula is C17H19BrN2O. The fraction of sp³-hybridized carbons (Fsp3) is 0.235. The van der Waals surface area contributed by atoms with Gasteiger partial charge in [0.2, 0.25) is 5.91 Å². The van der Waals surface area contributed by atoms with Crippen molar-refractivity contribution in [2.45, 2.75) is 20.0 Å². The number of hydrogen-bond donors (Lipinski definition) is 2. The van der Waals surface area contributed by atoms with Gasteiger partial charge in [-0.25, -0.2) is 0 Å². The molecule has 0 heterocycles. The van der Waals surface area contributed by atoms with E-state index in [-0.39, 0.29) is 5.91 Å². The average Bonchev–Trinajstić information content (AvgIpc) is 2.48. The molecule has 0 bridgehead atoms. The summed E-state index contributed by atoms with van der Waals surface area (Å²) in [4.78, 5) is 11.8. The van der Waals surface area contributed by atoms with Crippen LogP contribution < -0.4 is 10.6 Å². The highest BCUT2D eigenvalue weighted by atomic mass is 79.9. The van der Waals surface area contributed by atoms with E-state index in [0.29, 0.717) is 19.6 Å². The Bertz CT molecular complexity index is 599. The van der Waals surface area contributed by atoms with Crippen LogP contribution in [-0.2, 0) is 17.9 Å². The van der Waals surface area contributed by atoms with Gasteiger partial charge in [0.15, 0.2) is 0 Å². The number of halogens is 1. The van der Waals surface area contributed by atoms with Gasteiger partial charge in [0.25, 0.3) is 0 Å². The average molecular weight is 347 g/mol. The second-order valence-electron chi connectivity index (χ2n) is 4.96. The van der Waals surface area contributed by atoms with Crippen LogP contribution in [-0.4, -0.2) is 12.5 Å². The van der Waals surface area contributed by atoms with E-state index in [0.717, 1.165) is 15.6 Å². The number of carbonyl (C=O) groups excluding carboxylic acids is 1. The zero-order chi connectivity index (χ0) is 15.1. The van der Waals surface area contributed by atoms with Gasteiger partial charge in [0, 0.05) is 17.6 Å². The van der Waals surface area contributed by atoms with Gasteiger partial charge in [0.05, 0.1) is 6.54 Å². The molecule has 4 heteroatoms. The van der Waals surface area contributed by atoms with Crippen molar-refractivity contribution in [3.63, 3.8) is 0 Å². The maximum Gasteiger partial charge on any atom is 0.234 e. The Kier molecular flexibility index (Phi) is 5.96. The molecule has 0 saturated carbocycles. The summed E-state index contributed by atoms with van der Waals surface area (Å²) in [6, 6.07) is 16.1. The molecular weight excluding hydrogens is 328 g/mol. The highest BCUT2D eigenvalue weighted by molar-refractivity contribution is 9.10. The predicted molar refractivity (Wildman–Crippen MR) is 88.9 cm³/mol. The summed E-state index contributed by atoms with van der Waals surface area (Å²) in [5.74, 6) is 0.00193. The molecule has 3 nitrogen and oxygen atoms in total. The largest absolute Gasteiger partial charge is 0.351 e. The Labute approximate surface area is 133 Å². The van der Waals surface area contributed by atoms with Crippen LogP contribution in [0.4, 0.5) is 0 Å². The molecule has 0 fully saturated rings. The van der Waals surface area contributed by atoms with Gasteiger partial charge in [-0.15, -0.1) is 0 Å². The molecule has 21 heavy (non-hydrogen) atoms. The van der Waals surface area contributed by atoms with Crippen molar-refractivity contribution in [1.82, 2.24) is 10.6 Å². The molecule has 0 saturated heterocycles. The molecule has 1 amide bonds. The highest BCUT2D eigenvalue weighted by Gasteiger charge is 2.03. The van der Waals surface area contributed by atoms with Crippen LogP contribution in [0, 0.1) is 6.92 Å². The molecule has 0 aliphatic heterocycles. The fourth-order valence-electron chi connectivity index (χ4n) is 1.97. The lowest BCUT2D eigenvalue weighted by Gasteiger charge is -2.08. The Hall–Kier alpha value is -1.65. The van der Waals surface area contributed by atoms with Gasteiger partial charge < -0.3 is 10.6 Å².